The van der Waals surface area contributed by atoms with Gasteiger partial charge in [-0.25, -0.2) is 0 Å². The molecule has 1 unspecified atom stereocenters. The number of fused-ring (bicyclic) bond motifs is 1. The molecular formula is C16H15ClN2O. The number of hydrogen-bond acceptors (Lipinski definition) is 2. The predicted molar refractivity (Wildman–Crippen MR) is 79.4 cm³/mol. The van der Waals surface area contributed by atoms with Gasteiger partial charge in [0.15, 0.2) is 0 Å². The van der Waals surface area contributed by atoms with Crippen LogP contribution < -0.4 is 11.1 Å². The van der Waals surface area contributed by atoms with Gasteiger partial charge < -0.3 is 5.73 Å². The number of carbonyl (C=O) groups excluding carboxylic acids is 1. The summed E-state index contributed by atoms with van der Waals surface area (Å²) in [6.07, 6.45) is 0. The van der Waals surface area contributed by atoms with Crippen LogP contribution in [0.1, 0.15) is 22.3 Å². The van der Waals surface area contributed by atoms with E-state index in [2.05, 4.69) is 5.32 Å². The van der Waals surface area contributed by atoms with Crippen LogP contribution in [0.2, 0.25) is 5.02 Å². The van der Waals surface area contributed by atoms with E-state index in [4.69, 9.17) is 17.3 Å². The number of benzene rings is 2. The van der Waals surface area contributed by atoms with Gasteiger partial charge in [-0.1, -0.05) is 41.9 Å². The van der Waals surface area contributed by atoms with E-state index in [9.17, 15) is 4.79 Å². The molecule has 0 saturated carbocycles. The fourth-order valence-electron chi connectivity index (χ4n) is 2.96. The van der Waals surface area contributed by atoms with Gasteiger partial charge in [-0.15, -0.1) is 0 Å². The van der Waals surface area contributed by atoms with Gasteiger partial charge in [0.25, 0.3) is 0 Å². The molecule has 3 N–H and O–H groups in total. The summed E-state index contributed by atoms with van der Waals surface area (Å²) >= 11 is 6.10. The average molecular weight is 287 g/mol. The molecule has 2 aromatic carbocycles. The van der Waals surface area contributed by atoms with Gasteiger partial charge in [-0.3, -0.25) is 10.1 Å². The molecule has 1 heterocycles. The van der Waals surface area contributed by atoms with Gasteiger partial charge in [0.05, 0.1) is 0 Å². The van der Waals surface area contributed by atoms with Crippen LogP contribution >= 0.6 is 11.6 Å². The summed E-state index contributed by atoms with van der Waals surface area (Å²) in [7, 11) is 0. The lowest BCUT2D eigenvalue weighted by molar-refractivity contribution is -0.122. The first kappa shape index (κ1) is 13.2. The molecule has 0 fully saturated rings. The molecule has 3 rings (SSSR count). The summed E-state index contributed by atoms with van der Waals surface area (Å²) in [6, 6.07) is 13.4. The summed E-state index contributed by atoms with van der Waals surface area (Å²) in [5.41, 5.74) is 8.57. The third-order valence-electron chi connectivity index (χ3n) is 3.94. The fourth-order valence-corrected chi connectivity index (χ4v) is 3.13. The molecule has 0 radical (unpaired) electrons. The highest BCUT2D eigenvalue weighted by atomic mass is 35.5. The topological polar surface area (TPSA) is 55.1 Å². The van der Waals surface area contributed by atoms with Crippen molar-refractivity contribution in [2.24, 2.45) is 5.73 Å². The Hall–Kier alpha value is -1.84. The van der Waals surface area contributed by atoms with Crippen molar-refractivity contribution in [3.05, 3.63) is 69.7 Å². The molecule has 1 amide bonds. The molecule has 0 spiro atoms. The second kappa shape index (κ2) is 4.62. The Kier molecular flexibility index (Phi) is 3.04. The quantitative estimate of drug-likeness (QED) is 0.891. The summed E-state index contributed by atoms with van der Waals surface area (Å²) < 4.78 is 0. The van der Waals surface area contributed by atoms with E-state index in [1.54, 1.807) is 0 Å². The van der Waals surface area contributed by atoms with E-state index in [1.807, 2.05) is 49.4 Å². The van der Waals surface area contributed by atoms with Crippen molar-refractivity contribution in [1.82, 2.24) is 5.32 Å². The zero-order chi connectivity index (χ0) is 14.3. The molecule has 0 aromatic heterocycles. The molecule has 2 aromatic rings. The van der Waals surface area contributed by atoms with Gasteiger partial charge in [-0.2, -0.15) is 0 Å². The van der Waals surface area contributed by atoms with Crippen molar-refractivity contribution >= 4 is 17.5 Å². The van der Waals surface area contributed by atoms with Crippen LogP contribution in [-0.2, 0) is 16.9 Å². The highest BCUT2D eigenvalue weighted by Crippen LogP contribution is 2.39. The monoisotopic (exact) mass is 286 g/mol. The van der Waals surface area contributed by atoms with E-state index in [1.165, 1.54) is 0 Å². The number of halogens is 1. The number of amides is 1. The standard InChI is InChI=1S/C16H15ClN2O/c1-10-4-2-3-5-13(10)16(15(18)20)14-8-12(17)7-6-11(14)9-19-16/h2-8,19H,9H2,1H3,(H2,18,20). The van der Waals surface area contributed by atoms with E-state index in [-0.39, 0.29) is 0 Å². The molecule has 0 saturated heterocycles. The first-order chi connectivity index (χ1) is 9.55. The number of hydrogen-bond donors (Lipinski definition) is 2. The second-order valence-electron chi connectivity index (χ2n) is 5.08. The smallest absolute Gasteiger partial charge is 0.247 e. The van der Waals surface area contributed by atoms with Crippen molar-refractivity contribution in [2.45, 2.75) is 19.0 Å². The maximum atomic E-state index is 12.3. The minimum absolute atomic E-state index is 0.409. The van der Waals surface area contributed by atoms with Crippen molar-refractivity contribution in [1.29, 1.82) is 0 Å². The van der Waals surface area contributed by atoms with Crippen LogP contribution in [0.4, 0.5) is 0 Å². The lowest BCUT2D eigenvalue weighted by atomic mass is 9.81. The van der Waals surface area contributed by atoms with Gasteiger partial charge in [0.2, 0.25) is 5.91 Å². The van der Waals surface area contributed by atoms with Gasteiger partial charge in [0, 0.05) is 11.6 Å². The molecule has 3 nitrogen and oxygen atoms in total. The Morgan fingerprint density at radius 3 is 2.70 bits per heavy atom. The number of aryl methyl sites for hydroxylation is 1. The molecular weight excluding hydrogens is 272 g/mol. The Balaban J connectivity index is 2.31. The summed E-state index contributed by atoms with van der Waals surface area (Å²) in [6.45, 7) is 2.58. The Labute approximate surface area is 122 Å². The minimum atomic E-state index is -0.994. The predicted octanol–water partition coefficient (Wildman–Crippen LogP) is 2.48. The van der Waals surface area contributed by atoms with Crippen molar-refractivity contribution in [3.63, 3.8) is 0 Å². The Morgan fingerprint density at radius 2 is 2.00 bits per heavy atom. The lowest BCUT2D eigenvalue weighted by Gasteiger charge is -2.29. The highest BCUT2D eigenvalue weighted by Gasteiger charge is 2.46. The van der Waals surface area contributed by atoms with E-state index >= 15 is 0 Å². The van der Waals surface area contributed by atoms with Crippen LogP contribution in [0.3, 0.4) is 0 Å². The zero-order valence-corrected chi connectivity index (χ0v) is 11.9. The first-order valence-electron chi connectivity index (χ1n) is 6.45. The number of carbonyl (C=O) groups is 1. The van der Waals surface area contributed by atoms with Crippen molar-refractivity contribution in [3.8, 4) is 0 Å². The summed E-state index contributed by atoms with van der Waals surface area (Å²) in [4.78, 5) is 12.3. The molecule has 1 aliphatic rings. The summed E-state index contributed by atoms with van der Waals surface area (Å²) in [5.74, 6) is -0.409. The number of primary amides is 1. The normalized spacial score (nSPS) is 20.7. The average Bonchev–Trinajstić information content (AvgIpc) is 2.79. The highest BCUT2D eigenvalue weighted by molar-refractivity contribution is 6.30. The van der Waals surface area contributed by atoms with E-state index in [0.717, 1.165) is 22.3 Å². The molecule has 1 atom stereocenters. The van der Waals surface area contributed by atoms with Gasteiger partial charge in [-0.05, 0) is 41.3 Å². The number of rotatable bonds is 2. The molecule has 4 heteroatoms. The molecule has 0 aliphatic carbocycles. The lowest BCUT2D eigenvalue weighted by Crippen LogP contribution is -2.50. The first-order valence-corrected chi connectivity index (χ1v) is 6.83. The molecule has 20 heavy (non-hydrogen) atoms. The molecule has 0 bridgehead atoms. The molecule has 1 aliphatic heterocycles. The van der Waals surface area contributed by atoms with Crippen LogP contribution in [0.15, 0.2) is 42.5 Å². The number of nitrogens with two attached hydrogens (primary N) is 1. The SMILES string of the molecule is Cc1ccccc1C1(C(N)=O)NCc2ccc(Cl)cc21. The van der Waals surface area contributed by atoms with E-state index < -0.39 is 11.4 Å². The summed E-state index contributed by atoms with van der Waals surface area (Å²) in [5, 5.41) is 3.89. The number of nitrogens with one attached hydrogen (secondary N) is 1. The van der Waals surface area contributed by atoms with Crippen LogP contribution in [0.25, 0.3) is 0 Å². The maximum Gasteiger partial charge on any atom is 0.247 e. The van der Waals surface area contributed by atoms with Crippen LogP contribution in [0, 0.1) is 6.92 Å². The molecule has 102 valence electrons. The van der Waals surface area contributed by atoms with Crippen LogP contribution in [-0.4, -0.2) is 5.91 Å². The van der Waals surface area contributed by atoms with E-state index in [0.29, 0.717) is 11.6 Å². The zero-order valence-electron chi connectivity index (χ0n) is 11.1. The third-order valence-corrected chi connectivity index (χ3v) is 4.17. The largest absolute Gasteiger partial charge is 0.367 e. The van der Waals surface area contributed by atoms with Crippen LogP contribution in [0.5, 0.6) is 0 Å². The van der Waals surface area contributed by atoms with Crippen molar-refractivity contribution < 1.29 is 4.79 Å². The van der Waals surface area contributed by atoms with Gasteiger partial charge >= 0.3 is 0 Å². The Bertz CT molecular complexity index is 699. The fraction of sp³-hybridized carbons (Fsp3) is 0.188. The minimum Gasteiger partial charge on any atom is -0.367 e. The van der Waals surface area contributed by atoms with Crippen molar-refractivity contribution in [2.75, 3.05) is 0 Å². The van der Waals surface area contributed by atoms with Gasteiger partial charge in [0.1, 0.15) is 5.54 Å². The third kappa shape index (κ3) is 1.74. The Morgan fingerprint density at radius 1 is 1.25 bits per heavy atom. The maximum absolute atomic E-state index is 12.3. The second-order valence-corrected chi connectivity index (χ2v) is 5.52.